The van der Waals surface area contributed by atoms with E-state index >= 15 is 0 Å². The van der Waals surface area contributed by atoms with Gasteiger partial charge < -0.3 is 20.7 Å². The summed E-state index contributed by atoms with van der Waals surface area (Å²) in [5.41, 5.74) is 3.33. The maximum absolute atomic E-state index is 11.7. The molecule has 3 aromatic rings. The number of nitrogens with zero attached hydrogens (tertiary/aromatic N) is 4. The molecule has 3 N–H and O–H groups in total. The minimum Gasteiger partial charge on any atom is -0.495 e. The number of aromatic nitrogens is 4. The molecule has 1 aromatic carbocycles. The van der Waals surface area contributed by atoms with Gasteiger partial charge in [-0.15, -0.1) is 10.2 Å². The van der Waals surface area contributed by atoms with Gasteiger partial charge >= 0.3 is 0 Å². The fourth-order valence-electron chi connectivity index (χ4n) is 3.64. The van der Waals surface area contributed by atoms with E-state index in [0.29, 0.717) is 30.3 Å². The lowest BCUT2D eigenvalue weighted by molar-refractivity contribution is -0.121. The Bertz CT molecular complexity index is 1080. The zero-order valence-corrected chi connectivity index (χ0v) is 20.0. The van der Waals surface area contributed by atoms with Gasteiger partial charge in [0.1, 0.15) is 11.6 Å². The summed E-state index contributed by atoms with van der Waals surface area (Å²) in [6.45, 7) is 11.6. The van der Waals surface area contributed by atoms with Crippen molar-refractivity contribution in [2.75, 3.05) is 30.8 Å². The van der Waals surface area contributed by atoms with Gasteiger partial charge in [0.2, 0.25) is 11.6 Å². The van der Waals surface area contributed by atoms with Crippen molar-refractivity contribution in [2.45, 2.75) is 59.9 Å². The van der Waals surface area contributed by atoms with Gasteiger partial charge in [0.15, 0.2) is 5.82 Å². The predicted molar refractivity (Wildman–Crippen MR) is 129 cm³/mol. The molecule has 9 nitrogen and oxygen atoms in total. The average molecular weight is 442 g/mol. The number of ether oxygens (including phenoxy) is 1. The molecule has 0 saturated carbocycles. The Kier molecular flexibility index (Phi) is 7.71. The number of amides is 1. The maximum atomic E-state index is 11.7. The Balaban J connectivity index is 1.75. The van der Waals surface area contributed by atoms with Gasteiger partial charge in [0.25, 0.3) is 0 Å². The Hall–Kier alpha value is -3.10. The van der Waals surface area contributed by atoms with Crippen LogP contribution in [-0.4, -0.2) is 51.7 Å². The van der Waals surface area contributed by atoms with Gasteiger partial charge in [-0.1, -0.05) is 13.8 Å². The van der Waals surface area contributed by atoms with E-state index in [1.807, 2.05) is 37.3 Å². The lowest BCUT2D eigenvalue weighted by atomic mass is 10.1. The number of hydrogen-bond acceptors (Lipinski definition) is 7. The number of methoxy groups -OCH3 is 1. The molecular formula is C23H35N7O2. The van der Waals surface area contributed by atoms with Gasteiger partial charge in [0.05, 0.1) is 23.8 Å². The molecule has 0 unspecified atom stereocenters. The summed E-state index contributed by atoms with van der Waals surface area (Å²) in [6, 6.07) is 4.24. The second-order valence-electron chi connectivity index (χ2n) is 8.79. The average Bonchev–Trinajstić information content (AvgIpc) is 3.11. The molecule has 2 aromatic heterocycles. The third kappa shape index (κ3) is 5.57. The first-order valence-corrected chi connectivity index (χ1v) is 11.3. The molecule has 0 aliphatic rings. The number of benzene rings is 1. The molecule has 0 fully saturated rings. The molecule has 9 heteroatoms. The van der Waals surface area contributed by atoms with Crippen LogP contribution in [0, 0.1) is 12.8 Å². The van der Waals surface area contributed by atoms with Crippen molar-refractivity contribution < 1.29 is 9.53 Å². The van der Waals surface area contributed by atoms with E-state index in [-0.39, 0.29) is 11.9 Å². The Morgan fingerprint density at radius 3 is 2.56 bits per heavy atom. The minimum absolute atomic E-state index is 0.116. The number of unbranched alkanes of at least 4 members (excludes halogenated alkanes) is 1. The second-order valence-corrected chi connectivity index (χ2v) is 8.79. The number of anilines is 2. The molecule has 2 heterocycles. The molecule has 0 atom stereocenters. The fraction of sp³-hybridized carbons (Fsp3) is 0.565. The van der Waals surface area contributed by atoms with Gasteiger partial charge in [-0.3, -0.25) is 9.20 Å². The standard InChI is InChI=1S/C23H35N7O2/c1-14(2)11-21(31)24-9-7-8-10-25-22-23-29-28-16(5)30(23)19-12-18(26-15(3)4)20(32-6)13-17(19)27-22/h12-15,26H,7-11H2,1-6H3,(H,24,31)(H,25,27). The van der Waals surface area contributed by atoms with Crippen molar-refractivity contribution in [1.82, 2.24) is 24.9 Å². The molecule has 0 spiro atoms. The number of aryl methyl sites for hydroxylation is 1. The summed E-state index contributed by atoms with van der Waals surface area (Å²) in [4.78, 5) is 16.6. The third-order valence-corrected chi connectivity index (χ3v) is 5.06. The highest BCUT2D eigenvalue weighted by Crippen LogP contribution is 2.32. The Morgan fingerprint density at radius 1 is 1.12 bits per heavy atom. The van der Waals surface area contributed by atoms with Crippen LogP contribution in [-0.2, 0) is 4.79 Å². The molecule has 0 bridgehead atoms. The van der Waals surface area contributed by atoms with E-state index in [1.54, 1.807) is 7.11 Å². The van der Waals surface area contributed by atoms with Gasteiger partial charge in [-0.05, 0) is 45.6 Å². The molecular weight excluding hydrogens is 406 g/mol. The summed E-state index contributed by atoms with van der Waals surface area (Å²) < 4.78 is 7.60. The van der Waals surface area contributed by atoms with Crippen LogP contribution in [0.5, 0.6) is 5.75 Å². The molecule has 0 radical (unpaired) electrons. The number of rotatable bonds is 11. The zero-order valence-electron chi connectivity index (χ0n) is 20.0. The molecule has 3 rings (SSSR count). The van der Waals surface area contributed by atoms with Crippen LogP contribution >= 0.6 is 0 Å². The predicted octanol–water partition coefficient (Wildman–Crippen LogP) is 3.77. The number of nitrogens with one attached hydrogen (secondary N) is 3. The van der Waals surface area contributed by atoms with E-state index < -0.39 is 0 Å². The van der Waals surface area contributed by atoms with Crippen LogP contribution in [0.2, 0.25) is 0 Å². The van der Waals surface area contributed by atoms with Gasteiger partial charge in [0, 0.05) is 31.6 Å². The van der Waals surface area contributed by atoms with Crippen molar-refractivity contribution in [2.24, 2.45) is 5.92 Å². The van der Waals surface area contributed by atoms with E-state index in [2.05, 4.69) is 40.0 Å². The molecule has 0 saturated heterocycles. The highest BCUT2D eigenvalue weighted by molar-refractivity contribution is 5.88. The summed E-state index contributed by atoms with van der Waals surface area (Å²) >= 11 is 0. The van der Waals surface area contributed by atoms with Crippen LogP contribution in [0.4, 0.5) is 11.5 Å². The van der Waals surface area contributed by atoms with Crippen LogP contribution in [0.1, 0.15) is 52.8 Å². The summed E-state index contributed by atoms with van der Waals surface area (Å²) in [6.07, 6.45) is 2.37. The van der Waals surface area contributed by atoms with Gasteiger partial charge in [-0.2, -0.15) is 0 Å². The first-order chi connectivity index (χ1) is 15.3. The quantitative estimate of drug-likeness (QED) is 0.389. The second kappa shape index (κ2) is 10.5. The normalized spacial score (nSPS) is 11.5. The number of carbonyl (C=O) groups is 1. The molecule has 32 heavy (non-hydrogen) atoms. The van der Waals surface area contributed by atoms with Crippen LogP contribution < -0.4 is 20.7 Å². The topological polar surface area (TPSA) is 105 Å². The van der Waals surface area contributed by atoms with E-state index in [0.717, 1.165) is 47.7 Å². The Labute approximate surface area is 189 Å². The minimum atomic E-state index is 0.116. The summed E-state index contributed by atoms with van der Waals surface area (Å²) in [5.74, 6) is 2.72. The molecule has 0 aliphatic carbocycles. The lowest BCUT2D eigenvalue weighted by Gasteiger charge is -2.16. The van der Waals surface area contributed by atoms with Crippen molar-refractivity contribution in [3.05, 3.63) is 18.0 Å². The summed E-state index contributed by atoms with van der Waals surface area (Å²) in [5, 5.41) is 18.4. The van der Waals surface area contributed by atoms with Crippen molar-refractivity contribution in [3.63, 3.8) is 0 Å². The number of hydrogen-bond donors (Lipinski definition) is 3. The van der Waals surface area contributed by atoms with Gasteiger partial charge in [-0.25, -0.2) is 4.98 Å². The maximum Gasteiger partial charge on any atom is 0.220 e. The number of fused-ring (bicyclic) bond motifs is 3. The monoisotopic (exact) mass is 441 g/mol. The smallest absolute Gasteiger partial charge is 0.220 e. The van der Waals surface area contributed by atoms with Crippen LogP contribution in [0.25, 0.3) is 16.7 Å². The highest BCUT2D eigenvalue weighted by Gasteiger charge is 2.16. The first-order valence-electron chi connectivity index (χ1n) is 11.3. The SMILES string of the molecule is COc1cc2nc(NCCCCNC(=O)CC(C)C)c3nnc(C)n3c2cc1NC(C)C. The van der Waals surface area contributed by atoms with Crippen molar-refractivity contribution >= 4 is 34.1 Å². The molecule has 1 amide bonds. The molecule has 174 valence electrons. The zero-order chi connectivity index (χ0) is 23.3. The van der Waals surface area contributed by atoms with Crippen LogP contribution in [0.15, 0.2) is 12.1 Å². The highest BCUT2D eigenvalue weighted by atomic mass is 16.5. The molecule has 0 aliphatic heterocycles. The van der Waals surface area contributed by atoms with Crippen molar-refractivity contribution in [1.29, 1.82) is 0 Å². The van der Waals surface area contributed by atoms with E-state index in [9.17, 15) is 4.79 Å². The largest absolute Gasteiger partial charge is 0.495 e. The van der Waals surface area contributed by atoms with E-state index in [4.69, 9.17) is 9.72 Å². The van der Waals surface area contributed by atoms with Crippen molar-refractivity contribution in [3.8, 4) is 5.75 Å². The van der Waals surface area contributed by atoms with E-state index in [1.165, 1.54) is 0 Å². The Morgan fingerprint density at radius 2 is 1.88 bits per heavy atom. The number of carbonyl (C=O) groups excluding carboxylic acids is 1. The third-order valence-electron chi connectivity index (χ3n) is 5.06. The fourth-order valence-corrected chi connectivity index (χ4v) is 3.64. The first kappa shape index (κ1) is 23.6. The lowest BCUT2D eigenvalue weighted by Crippen LogP contribution is -2.25. The summed E-state index contributed by atoms with van der Waals surface area (Å²) in [7, 11) is 1.66. The van der Waals surface area contributed by atoms with Crippen LogP contribution in [0.3, 0.4) is 0 Å².